The summed E-state index contributed by atoms with van der Waals surface area (Å²) < 4.78 is 0. The molecule has 0 amide bonds. The highest BCUT2D eigenvalue weighted by Gasteiger charge is 2.30. The quantitative estimate of drug-likeness (QED) is 0.875. The van der Waals surface area contributed by atoms with Crippen molar-refractivity contribution >= 4 is 28.6 Å². The Hall–Kier alpha value is -1.03. The fourth-order valence-electron chi connectivity index (χ4n) is 2.42. The fourth-order valence-corrected chi connectivity index (χ4v) is 3.37. The minimum Gasteiger partial charge on any atom is -0.363 e. The molecular formula is C16H19ClN2S. The van der Waals surface area contributed by atoms with E-state index < -0.39 is 0 Å². The van der Waals surface area contributed by atoms with Gasteiger partial charge < -0.3 is 10.6 Å². The summed E-state index contributed by atoms with van der Waals surface area (Å²) in [6.45, 7) is 2.92. The first kappa shape index (κ1) is 13.9. The molecule has 1 saturated carbocycles. The molecule has 0 radical (unpaired) electrons. The van der Waals surface area contributed by atoms with Crippen LogP contribution in [0.2, 0.25) is 5.02 Å². The van der Waals surface area contributed by atoms with Crippen molar-refractivity contribution in [2.24, 2.45) is 5.73 Å². The largest absolute Gasteiger partial charge is 0.363 e. The molecule has 2 aromatic rings. The van der Waals surface area contributed by atoms with Crippen molar-refractivity contribution in [3.8, 4) is 0 Å². The number of hydrogen-bond donors (Lipinski definition) is 1. The van der Waals surface area contributed by atoms with Crippen LogP contribution in [0.5, 0.6) is 0 Å². The van der Waals surface area contributed by atoms with Crippen LogP contribution in [0.3, 0.4) is 0 Å². The summed E-state index contributed by atoms with van der Waals surface area (Å²) in [6, 6.07) is 9.05. The van der Waals surface area contributed by atoms with Crippen molar-refractivity contribution in [3.63, 3.8) is 0 Å². The third-order valence-electron chi connectivity index (χ3n) is 3.73. The molecule has 1 aliphatic carbocycles. The van der Waals surface area contributed by atoms with E-state index in [9.17, 15) is 0 Å². The lowest BCUT2D eigenvalue weighted by atomic mass is 10.1. The van der Waals surface area contributed by atoms with Gasteiger partial charge in [0.25, 0.3) is 0 Å². The van der Waals surface area contributed by atoms with Crippen LogP contribution in [0.15, 0.2) is 35.0 Å². The van der Waals surface area contributed by atoms with Gasteiger partial charge in [-0.25, -0.2) is 0 Å². The summed E-state index contributed by atoms with van der Waals surface area (Å²) in [4.78, 5) is 2.43. The molecule has 3 rings (SSSR count). The molecule has 1 heterocycles. The Balaban J connectivity index is 1.87. The number of rotatable bonds is 5. The van der Waals surface area contributed by atoms with Crippen LogP contribution < -0.4 is 10.6 Å². The zero-order valence-corrected chi connectivity index (χ0v) is 13.1. The lowest BCUT2D eigenvalue weighted by Crippen LogP contribution is -2.25. The molecule has 4 heteroatoms. The maximum atomic E-state index is 6.49. The number of thiophene rings is 1. The van der Waals surface area contributed by atoms with E-state index in [0.717, 1.165) is 22.8 Å². The number of hydrogen-bond acceptors (Lipinski definition) is 3. The zero-order valence-electron chi connectivity index (χ0n) is 11.6. The van der Waals surface area contributed by atoms with Crippen molar-refractivity contribution in [2.75, 3.05) is 4.90 Å². The molecule has 2 nitrogen and oxygen atoms in total. The molecule has 1 aliphatic rings. The average Bonchev–Trinajstić information content (AvgIpc) is 3.14. The van der Waals surface area contributed by atoms with Gasteiger partial charge in [-0.3, -0.25) is 0 Å². The Bertz CT molecular complexity index is 576. The van der Waals surface area contributed by atoms with Gasteiger partial charge in [-0.05, 0) is 59.9 Å². The van der Waals surface area contributed by atoms with Gasteiger partial charge in [0.15, 0.2) is 0 Å². The second kappa shape index (κ2) is 5.76. The maximum absolute atomic E-state index is 6.49. The van der Waals surface area contributed by atoms with Gasteiger partial charge >= 0.3 is 0 Å². The smallest absolute Gasteiger partial charge is 0.0643 e. The normalized spacial score (nSPS) is 16.1. The van der Waals surface area contributed by atoms with Crippen LogP contribution in [0, 0.1) is 0 Å². The molecule has 0 spiro atoms. The summed E-state index contributed by atoms with van der Waals surface area (Å²) in [5.74, 6) is 0. The first-order chi connectivity index (χ1) is 9.65. The van der Waals surface area contributed by atoms with Gasteiger partial charge in [0, 0.05) is 18.6 Å². The van der Waals surface area contributed by atoms with E-state index in [4.69, 9.17) is 17.3 Å². The molecule has 1 aromatic heterocycles. The van der Waals surface area contributed by atoms with Crippen molar-refractivity contribution in [3.05, 3.63) is 51.2 Å². The van der Waals surface area contributed by atoms with E-state index in [1.54, 1.807) is 11.3 Å². The summed E-state index contributed by atoms with van der Waals surface area (Å²) >= 11 is 8.23. The number of nitrogens with two attached hydrogens (primary N) is 1. The minimum atomic E-state index is 0.0211. The van der Waals surface area contributed by atoms with Crippen LogP contribution in [0.1, 0.15) is 36.9 Å². The van der Waals surface area contributed by atoms with Crippen LogP contribution in [-0.4, -0.2) is 6.04 Å². The summed E-state index contributed by atoms with van der Waals surface area (Å²) in [6.07, 6.45) is 2.52. The van der Waals surface area contributed by atoms with E-state index in [2.05, 4.69) is 33.9 Å². The molecule has 2 N–H and O–H groups in total. The Labute approximate surface area is 129 Å². The van der Waals surface area contributed by atoms with Crippen LogP contribution in [0.25, 0.3) is 0 Å². The van der Waals surface area contributed by atoms with Crippen molar-refractivity contribution in [1.82, 2.24) is 0 Å². The van der Waals surface area contributed by atoms with E-state index in [1.165, 1.54) is 18.4 Å². The third kappa shape index (κ3) is 3.00. The van der Waals surface area contributed by atoms with Gasteiger partial charge in [0.1, 0.15) is 0 Å². The Kier molecular flexibility index (Phi) is 4.01. The van der Waals surface area contributed by atoms with Gasteiger partial charge in [0.05, 0.1) is 10.7 Å². The second-order valence-corrected chi connectivity index (χ2v) is 6.68. The monoisotopic (exact) mass is 306 g/mol. The van der Waals surface area contributed by atoms with Gasteiger partial charge in [-0.2, -0.15) is 11.3 Å². The molecule has 0 unspecified atom stereocenters. The molecule has 0 aliphatic heterocycles. The topological polar surface area (TPSA) is 29.3 Å². The van der Waals surface area contributed by atoms with Gasteiger partial charge in [-0.15, -0.1) is 0 Å². The zero-order chi connectivity index (χ0) is 14.1. The van der Waals surface area contributed by atoms with Gasteiger partial charge in [0.2, 0.25) is 0 Å². The predicted molar refractivity (Wildman–Crippen MR) is 87.6 cm³/mol. The molecular weight excluding hydrogens is 288 g/mol. The first-order valence-electron chi connectivity index (χ1n) is 6.98. The first-order valence-corrected chi connectivity index (χ1v) is 8.30. The highest BCUT2D eigenvalue weighted by atomic mass is 35.5. The average molecular weight is 307 g/mol. The van der Waals surface area contributed by atoms with Crippen molar-refractivity contribution in [2.45, 2.75) is 38.4 Å². The molecule has 20 heavy (non-hydrogen) atoms. The van der Waals surface area contributed by atoms with Crippen LogP contribution in [0.4, 0.5) is 5.69 Å². The van der Waals surface area contributed by atoms with Gasteiger partial charge in [-0.1, -0.05) is 17.7 Å². The highest BCUT2D eigenvalue weighted by Crippen LogP contribution is 2.37. The SMILES string of the molecule is C[C@H](N)c1ccc(N(Cc2ccsc2)C2CC2)c(Cl)c1. The van der Waals surface area contributed by atoms with E-state index in [0.29, 0.717) is 6.04 Å². The third-order valence-corrected chi connectivity index (χ3v) is 4.76. The van der Waals surface area contributed by atoms with E-state index in [1.807, 2.05) is 13.0 Å². The van der Waals surface area contributed by atoms with Crippen molar-refractivity contribution in [1.29, 1.82) is 0 Å². The van der Waals surface area contributed by atoms with Crippen molar-refractivity contribution < 1.29 is 0 Å². The predicted octanol–water partition coefficient (Wildman–Crippen LogP) is 4.59. The molecule has 0 saturated heterocycles. The van der Waals surface area contributed by atoms with Crippen LogP contribution in [-0.2, 0) is 6.54 Å². The number of halogens is 1. The second-order valence-electron chi connectivity index (χ2n) is 5.49. The minimum absolute atomic E-state index is 0.0211. The lowest BCUT2D eigenvalue weighted by Gasteiger charge is -2.26. The number of nitrogens with zero attached hydrogens (tertiary/aromatic N) is 1. The summed E-state index contributed by atoms with van der Waals surface area (Å²) in [7, 11) is 0. The Morgan fingerprint density at radius 3 is 2.75 bits per heavy atom. The number of benzene rings is 1. The maximum Gasteiger partial charge on any atom is 0.0643 e. The summed E-state index contributed by atoms with van der Waals surface area (Å²) in [5.41, 5.74) is 9.49. The molecule has 106 valence electrons. The molecule has 1 fully saturated rings. The summed E-state index contributed by atoms with van der Waals surface area (Å²) in [5, 5.41) is 5.14. The van der Waals surface area contributed by atoms with E-state index >= 15 is 0 Å². The Morgan fingerprint density at radius 2 is 2.20 bits per heavy atom. The number of anilines is 1. The highest BCUT2D eigenvalue weighted by molar-refractivity contribution is 7.07. The van der Waals surface area contributed by atoms with E-state index in [-0.39, 0.29) is 6.04 Å². The standard InChI is InChI=1S/C16H19ClN2S/c1-11(18)13-2-5-16(15(17)8-13)19(14-3-4-14)9-12-6-7-20-10-12/h2,5-8,10-11,14H,3-4,9,18H2,1H3/t11-/m0/s1. The lowest BCUT2D eigenvalue weighted by molar-refractivity contribution is 0.791. The van der Waals surface area contributed by atoms with Crippen LogP contribution >= 0.6 is 22.9 Å². The fraction of sp³-hybridized carbons (Fsp3) is 0.375. The molecule has 0 bridgehead atoms. The molecule has 1 aromatic carbocycles. The Morgan fingerprint density at radius 1 is 1.40 bits per heavy atom. The molecule has 1 atom stereocenters.